The third-order valence-corrected chi connectivity index (χ3v) is 3.99. The minimum absolute atomic E-state index is 0.227. The van der Waals surface area contributed by atoms with Gasteiger partial charge in [-0.15, -0.1) is 0 Å². The summed E-state index contributed by atoms with van der Waals surface area (Å²) in [6, 6.07) is 10.4. The third kappa shape index (κ3) is 2.36. The summed E-state index contributed by atoms with van der Waals surface area (Å²) in [6.07, 6.45) is 5.33. The average Bonchev–Trinajstić information content (AvgIpc) is 2.98. The molecular formula is C18H14FN3O. The molecule has 5 heteroatoms. The number of aromatic hydroxyl groups is 1. The van der Waals surface area contributed by atoms with Crippen LogP contribution in [0.5, 0.6) is 5.75 Å². The molecule has 0 fully saturated rings. The molecule has 0 amide bonds. The fourth-order valence-electron chi connectivity index (χ4n) is 2.85. The number of hydrogen-bond acceptors (Lipinski definition) is 3. The van der Waals surface area contributed by atoms with Gasteiger partial charge in [-0.1, -0.05) is 18.2 Å². The van der Waals surface area contributed by atoms with Gasteiger partial charge in [0.05, 0.1) is 0 Å². The Kier molecular flexibility index (Phi) is 3.12. The number of phenolic OH excluding ortho intramolecular Hbond substituents is 1. The zero-order valence-corrected chi connectivity index (χ0v) is 12.2. The number of hydrogen-bond donors (Lipinski definition) is 3. The summed E-state index contributed by atoms with van der Waals surface area (Å²) in [7, 11) is 0. The number of H-pyrrole nitrogens is 1. The van der Waals surface area contributed by atoms with Crippen LogP contribution in [0.3, 0.4) is 0 Å². The van der Waals surface area contributed by atoms with Crippen molar-refractivity contribution in [3.05, 3.63) is 65.9 Å². The fourth-order valence-corrected chi connectivity index (χ4v) is 2.85. The molecule has 1 aromatic carbocycles. The minimum Gasteiger partial charge on any atom is -0.507 e. The van der Waals surface area contributed by atoms with Gasteiger partial charge in [-0.25, -0.2) is 4.98 Å². The summed E-state index contributed by atoms with van der Waals surface area (Å²) in [5.41, 5.74) is 4.36. The Labute approximate surface area is 132 Å². The first kappa shape index (κ1) is 13.6. The Bertz CT molecular complexity index is 914. The monoisotopic (exact) mass is 307 g/mol. The summed E-state index contributed by atoms with van der Waals surface area (Å²) in [5.74, 6) is 0.621. The highest BCUT2D eigenvalue weighted by atomic mass is 19.1. The summed E-state index contributed by atoms with van der Waals surface area (Å²) in [6.45, 7) is 0.594. The van der Waals surface area contributed by atoms with Crippen molar-refractivity contribution in [1.82, 2.24) is 9.97 Å². The molecule has 0 radical (unpaired) electrons. The Morgan fingerprint density at radius 3 is 2.83 bits per heavy atom. The van der Waals surface area contributed by atoms with Gasteiger partial charge in [0.15, 0.2) is 0 Å². The largest absolute Gasteiger partial charge is 0.507 e. The molecule has 114 valence electrons. The highest BCUT2D eigenvalue weighted by Gasteiger charge is 2.18. The molecule has 0 spiro atoms. The van der Waals surface area contributed by atoms with E-state index in [1.165, 1.54) is 12.3 Å². The molecule has 0 bridgehead atoms. The molecule has 3 aromatic rings. The van der Waals surface area contributed by atoms with E-state index in [2.05, 4.69) is 15.3 Å². The van der Waals surface area contributed by atoms with Crippen LogP contribution < -0.4 is 5.32 Å². The molecule has 0 atom stereocenters. The first-order valence-electron chi connectivity index (χ1n) is 7.28. The van der Waals surface area contributed by atoms with E-state index in [1.54, 1.807) is 18.2 Å². The second kappa shape index (κ2) is 5.28. The Morgan fingerprint density at radius 1 is 1.13 bits per heavy atom. The number of nitrogens with one attached hydrogen (secondary N) is 2. The topological polar surface area (TPSA) is 60.9 Å². The van der Waals surface area contributed by atoms with Gasteiger partial charge < -0.3 is 15.4 Å². The number of para-hydroxylation sites is 1. The molecule has 4 nitrogen and oxygen atoms in total. The van der Waals surface area contributed by atoms with E-state index >= 15 is 0 Å². The lowest BCUT2D eigenvalue weighted by molar-refractivity contribution is 0.477. The number of rotatable bonds is 2. The summed E-state index contributed by atoms with van der Waals surface area (Å²) in [4.78, 5) is 6.77. The van der Waals surface area contributed by atoms with E-state index in [4.69, 9.17) is 0 Å². The molecule has 1 aliphatic rings. The lowest BCUT2D eigenvalue weighted by atomic mass is 9.97. The zero-order chi connectivity index (χ0) is 15.8. The van der Waals surface area contributed by atoms with Crippen molar-refractivity contribution in [2.75, 3.05) is 11.9 Å². The standard InChI is InChI=1S/C18H14FN3O/c19-17-8-11(5-6-20-17)12-7-14-15(10-22-18(14)21-9-12)13-3-1-2-4-16(13)23/h1-8,10,21-23H,9H2. The van der Waals surface area contributed by atoms with Gasteiger partial charge in [-0.05, 0) is 29.3 Å². The lowest BCUT2D eigenvalue weighted by Gasteiger charge is -2.17. The summed E-state index contributed by atoms with van der Waals surface area (Å²) < 4.78 is 13.4. The molecule has 4 rings (SSSR count). The zero-order valence-electron chi connectivity index (χ0n) is 12.2. The van der Waals surface area contributed by atoms with E-state index in [-0.39, 0.29) is 5.75 Å². The number of nitrogens with zero attached hydrogens (tertiary/aromatic N) is 1. The number of phenols is 1. The quantitative estimate of drug-likeness (QED) is 0.630. The number of benzene rings is 1. The van der Waals surface area contributed by atoms with Gasteiger partial charge in [-0.3, -0.25) is 0 Å². The Morgan fingerprint density at radius 2 is 2.00 bits per heavy atom. The molecule has 23 heavy (non-hydrogen) atoms. The van der Waals surface area contributed by atoms with Gasteiger partial charge in [0.25, 0.3) is 0 Å². The maximum Gasteiger partial charge on any atom is 0.213 e. The van der Waals surface area contributed by atoms with Gasteiger partial charge in [0.1, 0.15) is 11.6 Å². The van der Waals surface area contributed by atoms with E-state index in [1.807, 2.05) is 24.4 Å². The highest BCUT2D eigenvalue weighted by Crippen LogP contribution is 2.38. The number of anilines is 1. The van der Waals surface area contributed by atoms with Crippen molar-refractivity contribution in [3.8, 4) is 16.9 Å². The molecular weight excluding hydrogens is 293 g/mol. The van der Waals surface area contributed by atoms with Crippen molar-refractivity contribution >= 4 is 17.5 Å². The smallest absolute Gasteiger partial charge is 0.213 e. The van der Waals surface area contributed by atoms with Gasteiger partial charge in [-0.2, -0.15) is 4.39 Å². The highest BCUT2D eigenvalue weighted by molar-refractivity contribution is 5.96. The SMILES string of the molecule is Oc1ccccc1-c1c[nH]c2c1C=C(c1ccnc(F)c1)CN2. The number of pyridine rings is 1. The van der Waals surface area contributed by atoms with E-state index in [0.717, 1.165) is 33.6 Å². The van der Waals surface area contributed by atoms with Crippen molar-refractivity contribution in [3.63, 3.8) is 0 Å². The van der Waals surface area contributed by atoms with Gasteiger partial charge in [0.2, 0.25) is 5.95 Å². The summed E-state index contributed by atoms with van der Waals surface area (Å²) >= 11 is 0. The number of halogens is 1. The van der Waals surface area contributed by atoms with Crippen LogP contribution in [0.4, 0.5) is 10.2 Å². The third-order valence-electron chi connectivity index (χ3n) is 3.99. The summed E-state index contributed by atoms with van der Waals surface area (Å²) in [5, 5.41) is 13.4. The number of aromatic nitrogens is 2. The minimum atomic E-state index is -0.496. The van der Waals surface area contributed by atoms with Crippen LogP contribution in [-0.2, 0) is 0 Å². The number of fused-ring (bicyclic) bond motifs is 1. The second-order valence-corrected chi connectivity index (χ2v) is 5.40. The predicted molar refractivity (Wildman–Crippen MR) is 88.4 cm³/mol. The normalized spacial score (nSPS) is 13.2. The predicted octanol–water partition coefficient (Wildman–Crippen LogP) is 3.89. The lowest BCUT2D eigenvalue weighted by Crippen LogP contribution is -2.10. The van der Waals surface area contributed by atoms with Crippen LogP contribution in [0.1, 0.15) is 11.1 Å². The molecule has 0 saturated heterocycles. The van der Waals surface area contributed by atoms with Gasteiger partial charge >= 0.3 is 0 Å². The van der Waals surface area contributed by atoms with Crippen molar-refractivity contribution < 1.29 is 9.50 Å². The second-order valence-electron chi connectivity index (χ2n) is 5.40. The van der Waals surface area contributed by atoms with Crippen LogP contribution >= 0.6 is 0 Å². The first-order valence-corrected chi connectivity index (χ1v) is 7.28. The maximum absolute atomic E-state index is 13.4. The van der Waals surface area contributed by atoms with Crippen molar-refractivity contribution in [2.45, 2.75) is 0 Å². The average molecular weight is 307 g/mol. The molecule has 0 aliphatic carbocycles. The van der Waals surface area contributed by atoms with Crippen LogP contribution in [-0.4, -0.2) is 21.6 Å². The van der Waals surface area contributed by atoms with Crippen molar-refractivity contribution in [2.24, 2.45) is 0 Å². The maximum atomic E-state index is 13.4. The fraction of sp³-hybridized carbons (Fsp3) is 0.0556. The first-order chi connectivity index (χ1) is 11.2. The molecule has 0 saturated carbocycles. The molecule has 3 heterocycles. The Balaban J connectivity index is 1.83. The van der Waals surface area contributed by atoms with Crippen molar-refractivity contribution in [1.29, 1.82) is 0 Å². The van der Waals surface area contributed by atoms with Crippen LogP contribution in [0.2, 0.25) is 0 Å². The van der Waals surface area contributed by atoms with Crippen LogP contribution in [0.25, 0.3) is 22.8 Å². The molecule has 2 aromatic heterocycles. The Hall–Kier alpha value is -3.08. The molecule has 0 unspecified atom stereocenters. The number of aromatic amines is 1. The van der Waals surface area contributed by atoms with E-state index in [0.29, 0.717) is 6.54 Å². The van der Waals surface area contributed by atoms with Crippen LogP contribution in [0, 0.1) is 5.95 Å². The van der Waals surface area contributed by atoms with Gasteiger partial charge in [0, 0.05) is 41.7 Å². The van der Waals surface area contributed by atoms with E-state index in [9.17, 15) is 9.50 Å². The molecule has 3 N–H and O–H groups in total. The molecule has 1 aliphatic heterocycles. The van der Waals surface area contributed by atoms with Crippen LogP contribution in [0.15, 0.2) is 48.8 Å². The van der Waals surface area contributed by atoms with E-state index < -0.39 is 5.95 Å².